The molecule has 0 aliphatic carbocycles. The molecule has 0 saturated carbocycles. The van der Waals surface area contributed by atoms with Crippen LogP contribution in [0.3, 0.4) is 0 Å². The van der Waals surface area contributed by atoms with Gasteiger partial charge in [-0.1, -0.05) is 0 Å². The van der Waals surface area contributed by atoms with E-state index in [2.05, 4.69) is 29.4 Å². The molecule has 1 saturated heterocycles. The van der Waals surface area contributed by atoms with E-state index in [1.54, 1.807) is 0 Å². The van der Waals surface area contributed by atoms with Crippen molar-refractivity contribution in [1.82, 2.24) is 15.3 Å². The van der Waals surface area contributed by atoms with Gasteiger partial charge in [-0.2, -0.15) is 0 Å². The molecule has 54 valence electrons. The van der Waals surface area contributed by atoms with Crippen LogP contribution in [0.5, 0.6) is 0 Å². The van der Waals surface area contributed by atoms with Gasteiger partial charge >= 0.3 is 0 Å². The van der Waals surface area contributed by atoms with E-state index >= 15 is 0 Å². The van der Waals surface area contributed by atoms with E-state index in [0.29, 0.717) is 6.04 Å². The first-order valence-corrected chi connectivity index (χ1v) is 3.33. The Hall–Kier alpha value is -0.120. The Morgan fingerprint density at radius 2 is 2.00 bits per heavy atom. The highest BCUT2D eigenvalue weighted by Crippen LogP contribution is 2.06. The molecule has 1 fully saturated rings. The molecule has 0 aromatic rings. The molecule has 0 amide bonds. The zero-order chi connectivity index (χ0) is 6.85. The summed E-state index contributed by atoms with van der Waals surface area (Å²) in [5.74, 6) is 0. The van der Waals surface area contributed by atoms with Crippen LogP contribution in [0.1, 0.15) is 0 Å². The Morgan fingerprint density at radius 1 is 1.44 bits per heavy atom. The summed E-state index contributed by atoms with van der Waals surface area (Å²) in [4.78, 5) is 0. The van der Waals surface area contributed by atoms with Crippen LogP contribution in [-0.4, -0.2) is 50.3 Å². The molecule has 1 heterocycles. The van der Waals surface area contributed by atoms with E-state index < -0.39 is 0 Å². The van der Waals surface area contributed by atoms with Gasteiger partial charge in [0.15, 0.2) is 0 Å². The Labute approximate surface area is 56.6 Å². The Bertz CT molecular complexity index is 86.3. The van der Waals surface area contributed by atoms with Gasteiger partial charge in [0.2, 0.25) is 0 Å². The molecular weight excluding hydrogens is 114 g/mol. The molecule has 9 heavy (non-hydrogen) atoms. The summed E-state index contributed by atoms with van der Waals surface area (Å²) in [7, 11) is 6.16. The van der Waals surface area contributed by atoms with Crippen LogP contribution in [0.15, 0.2) is 0 Å². The quantitative estimate of drug-likeness (QED) is 0.535. The number of hydrogen-bond acceptors (Lipinski definition) is 3. The summed E-state index contributed by atoms with van der Waals surface area (Å²) in [5.41, 5.74) is 0. The van der Waals surface area contributed by atoms with E-state index in [0.717, 1.165) is 13.1 Å². The summed E-state index contributed by atoms with van der Waals surface area (Å²) in [5, 5.41) is 7.64. The van der Waals surface area contributed by atoms with E-state index in [-0.39, 0.29) is 0 Å². The predicted molar refractivity (Wildman–Crippen MR) is 38.1 cm³/mol. The second-order valence-corrected chi connectivity index (χ2v) is 2.70. The SMILES string of the molecule is CNC1CN(N(C)C)C1. The fourth-order valence-electron chi connectivity index (χ4n) is 0.964. The second-order valence-electron chi connectivity index (χ2n) is 2.70. The van der Waals surface area contributed by atoms with E-state index in [1.807, 2.05) is 7.05 Å². The Kier molecular flexibility index (Phi) is 2.05. The Morgan fingerprint density at radius 3 is 2.33 bits per heavy atom. The molecule has 1 N–H and O–H groups in total. The third kappa shape index (κ3) is 1.41. The molecule has 0 aromatic carbocycles. The highest BCUT2D eigenvalue weighted by Gasteiger charge is 2.25. The van der Waals surface area contributed by atoms with Crippen LogP contribution in [0.4, 0.5) is 0 Å². The van der Waals surface area contributed by atoms with Gasteiger partial charge in [0.25, 0.3) is 0 Å². The van der Waals surface area contributed by atoms with Crippen molar-refractivity contribution in [1.29, 1.82) is 0 Å². The first kappa shape index (κ1) is 6.99. The van der Waals surface area contributed by atoms with Crippen molar-refractivity contribution in [3.63, 3.8) is 0 Å². The lowest BCUT2D eigenvalue weighted by Gasteiger charge is -2.42. The predicted octanol–water partition coefficient (Wildman–Crippen LogP) is -0.633. The number of hydrazine groups is 1. The van der Waals surface area contributed by atoms with Crippen molar-refractivity contribution < 1.29 is 0 Å². The first-order chi connectivity index (χ1) is 4.24. The molecule has 1 aliphatic heterocycles. The molecule has 0 unspecified atom stereocenters. The van der Waals surface area contributed by atoms with Crippen molar-refractivity contribution >= 4 is 0 Å². The molecular formula is C6H15N3. The number of likely N-dealkylation sites (N-methyl/N-ethyl adjacent to an activating group) is 1. The number of hydrogen-bond donors (Lipinski definition) is 1. The zero-order valence-electron chi connectivity index (χ0n) is 6.39. The maximum Gasteiger partial charge on any atom is 0.0348 e. The van der Waals surface area contributed by atoms with Crippen molar-refractivity contribution in [3.8, 4) is 0 Å². The lowest BCUT2D eigenvalue weighted by Crippen LogP contribution is -2.61. The van der Waals surface area contributed by atoms with E-state index in [1.165, 1.54) is 0 Å². The standard InChI is InChI=1S/C6H15N3/c1-7-6-4-9(5-6)8(2)3/h6-7H,4-5H2,1-3H3. The maximum atomic E-state index is 3.22. The second kappa shape index (κ2) is 2.64. The fourth-order valence-corrected chi connectivity index (χ4v) is 0.964. The smallest absolute Gasteiger partial charge is 0.0348 e. The third-order valence-electron chi connectivity index (χ3n) is 1.84. The molecule has 0 aromatic heterocycles. The van der Waals surface area contributed by atoms with Crippen molar-refractivity contribution in [2.24, 2.45) is 0 Å². The molecule has 0 bridgehead atoms. The van der Waals surface area contributed by atoms with Crippen LogP contribution in [-0.2, 0) is 0 Å². The first-order valence-electron chi connectivity index (χ1n) is 3.33. The summed E-state index contributed by atoms with van der Waals surface area (Å²) in [6.07, 6.45) is 0. The molecule has 1 rings (SSSR count). The summed E-state index contributed by atoms with van der Waals surface area (Å²) in [6, 6.07) is 0.715. The lowest BCUT2D eigenvalue weighted by atomic mass is 10.2. The molecule has 0 spiro atoms. The average molecular weight is 129 g/mol. The van der Waals surface area contributed by atoms with Gasteiger partial charge in [-0.3, -0.25) is 0 Å². The molecule has 1 aliphatic rings. The van der Waals surface area contributed by atoms with Crippen molar-refractivity contribution in [2.75, 3.05) is 34.2 Å². The molecule has 3 nitrogen and oxygen atoms in total. The largest absolute Gasteiger partial charge is 0.314 e. The molecule has 0 radical (unpaired) electrons. The maximum absolute atomic E-state index is 3.22. The normalized spacial score (nSPS) is 22.7. The highest BCUT2D eigenvalue weighted by molar-refractivity contribution is 4.81. The van der Waals surface area contributed by atoms with E-state index in [9.17, 15) is 0 Å². The number of rotatable bonds is 2. The third-order valence-corrected chi connectivity index (χ3v) is 1.84. The van der Waals surface area contributed by atoms with Gasteiger partial charge in [0.1, 0.15) is 0 Å². The van der Waals surface area contributed by atoms with Crippen LogP contribution in [0.2, 0.25) is 0 Å². The van der Waals surface area contributed by atoms with Gasteiger partial charge in [-0.05, 0) is 7.05 Å². The van der Waals surface area contributed by atoms with Gasteiger partial charge < -0.3 is 5.32 Å². The number of nitrogens with one attached hydrogen (secondary N) is 1. The van der Waals surface area contributed by atoms with Crippen molar-refractivity contribution in [2.45, 2.75) is 6.04 Å². The van der Waals surface area contributed by atoms with Crippen molar-refractivity contribution in [3.05, 3.63) is 0 Å². The monoisotopic (exact) mass is 129 g/mol. The van der Waals surface area contributed by atoms with Gasteiger partial charge in [-0.15, -0.1) is 0 Å². The lowest BCUT2D eigenvalue weighted by molar-refractivity contribution is -0.0516. The number of nitrogens with zero attached hydrogens (tertiary/aromatic N) is 2. The zero-order valence-corrected chi connectivity index (χ0v) is 6.39. The van der Waals surface area contributed by atoms with Gasteiger partial charge in [0.05, 0.1) is 0 Å². The minimum absolute atomic E-state index is 0.715. The van der Waals surface area contributed by atoms with Crippen LogP contribution in [0.25, 0.3) is 0 Å². The Balaban J connectivity index is 2.12. The van der Waals surface area contributed by atoms with Gasteiger partial charge in [-0.25, -0.2) is 10.0 Å². The minimum Gasteiger partial charge on any atom is -0.314 e. The van der Waals surface area contributed by atoms with Crippen LogP contribution in [0, 0.1) is 0 Å². The fraction of sp³-hybridized carbons (Fsp3) is 1.00. The summed E-state index contributed by atoms with van der Waals surface area (Å²) < 4.78 is 0. The summed E-state index contributed by atoms with van der Waals surface area (Å²) in [6.45, 7) is 2.31. The topological polar surface area (TPSA) is 18.5 Å². The van der Waals surface area contributed by atoms with E-state index in [4.69, 9.17) is 0 Å². The van der Waals surface area contributed by atoms with Crippen LogP contribution >= 0.6 is 0 Å². The minimum atomic E-state index is 0.715. The van der Waals surface area contributed by atoms with Crippen LogP contribution < -0.4 is 5.32 Å². The molecule has 0 atom stereocenters. The summed E-state index contributed by atoms with van der Waals surface area (Å²) >= 11 is 0. The average Bonchev–Trinajstić information content (AvgIpc) is 1.61. The molecule has 3 heteroatoms. The van der Waals surface area contributed by atoms with Gasteiger partial charge in [0, 0.05) is 33.2 Å². The highest BCUT2D eigenvalue weighted by atomic mass is 15.6.